The second-order valence-corrected chi connectivity index (χ2v) is 14.0. The van der Waals surface area contributed by atoms with Crippen LogP contribution in [0.3, 0.4) is 0 Å². The molecule has 104 valence electrons. The zero-order valence-corrected chi connectivity index (χ0v) is 16.1. The second-order valence-electron chi connectivity index (χ2n) is 4.44. The van der Waals surface area contributed by atoms with Gasteiger partial charge in [-0.2, -0.15) is 0 Å². The Kier molecular flexibility index (Phi) is 10.1. The van der Waals surface area contributed by atoms with Crippen molar-refractivity contribution in [1.29, 1.82) is 0 Å². The molecule has 0 unspecified atom stereocenters. The van der Waals surface area contributed by atoms with Crippen LogP contribution in [-0.4, -0.2) is 72.8 Å². The molecule has 1 saturated heterocycles. The quantitative estimate of drug-likeness (QED) is 0.384. The van der Waals surface area contributed by atoms with Crippen LogP contribution in [0.25, 0.3) is 0 Å². The van der Waals surface area contributed by atoms with Crippen molar-refractivity contribution in [2.75, 3.05) is 32.8 Å². The Balaban J connectivity index is 0.000000631. The van der Waals surface area contributed by atoms with Crippen molar-refractivity contribution in [3.63, 3.8) is 0 Å². The summed E-state index contributed by atoms with van der Waals surface area (Å²) in [6.07, 6.45) is -0.248. The molecule has 7 heteroatoms. The Morgan fingerprint density at radius 1 is 1.22 bits per heavy atom. The zero-order chi connectivity index (χ0) is 14.1. The van der Waals surface area contributed by atoms with Crippen LogP contribution in [0.15, 0.2) is 0 Å². The van der Waals surface area contributed by atoms with E-state index < -0.39 is 19.8 Å². The Bertz CT molecular complexity index is 267. The van der Waals surface area contributed by atoms with E-state index in [1.54, 1.807) is 11.8 Å². The van der Waals surface area contributed by atoms with Gasteiger partial charge in [0, 0.05) is 26.2 Å². The molecule has 0 bridgehead atoms. The molecule has 1 rings (SSSR count). The van der Waals surface area contributed by atoms with Crippen LogP contribution < -0.4 is 0 Å². The summed E-state index contributed by atoms with van der Waals surface area (Å²) in [5, 5.41) is 0. The van der Waals surface area contributed by atoms with Crippen molar-refractivity contribution in [2.24, 2.45) is 0 Å². The van der Waals surface area contributed by atoms with Gasteiger partial charge >= 0.3 is 40.7 Å². The minimum absolute atomic E-state index is 0.248. The summed E-state index contributed by atoms with van der Waals surface area (Å²) in [6.45, 7) is 4.90. The number of hydrogen-bond acceptors (Lipinski definition) is 4. The number of carbonyl (C=O) groups excluding carboxylic acids is 1. The third kappa shape index (κ3) is 8.31. The van der Waals surface area contributed by atoms with E-state index in [9.17, 15) is 4.79 Å². The number of hydrogen-bond donors (Lipinski definition) is 0. The number of rotatable bonds is 1. The summed E-state index contributed by atoms with van der Waals surface area (Å²) in [6, 6.07) is 0. The SMILES string of the molecule is CCOC(=O)N1CCN(C(=S)[S-])CC1.[CH3][Sn+]([CH3])[CH3]. The molecule has 0 radical (unpaired) electrons. The molecule has 0 aromatic carbocycles. The summed E-state index contributed by atoms with van der Waals surface area (Å²) in [5.74, 6) is 0. The Labute approximate surface area is 128 Å². The molecule has 1 fully saturated rings. The fourth-order valence-corrected chi connectivity index (χ4v) is 1.65. The molecule has 0 N–H and O–H groups in total. The van der Waals surface area contributed by atoms with Gasteiger partial charge in [-0.3, -0.25) is 0 Å². The van der Waals surface area contributed by atoms with Gasteiger partial charge in [-0.1, -0.05) is 4.32 Å². The maximum absolute atomic E-state index is 11.3. The van der Waals surface area contributed by atoms with E-state index in [0.717, 1.165) is 0 Å². The third-order valence-electron chi connectivity index (χ3n) is 2.06. The molecule has 1 aliphatic rings. The number of amides is 1. The molecular weight excluding hydrogens is 375 g/mol. The van der Waals surface area contributed by atoms with E-state index >= 15 is 0 Å². The number of thiocarbonyl (C=S) groups is 1. The van der Waals surface area contributed by atoms with Crippen molar-refractivity contribution in [1.82, 2.24) is 9.80 Å². The first-order valence-electron chi connectivity index (χ1n) is 6.02. The molecule has 1 heterocycles. The number of piperazine rings is 1. The zero-order valence-electron chi connectivity index (χ0n) is 11.6. The standard InChI is InChI=1S/C8H14N2O2S2.3CH3.Sn/c1-2-12-7(11)9-3-5-10(6-4-9)8(13)14;;;;/h2-6H2,1H3,(H,13,14);3*1H3;/q;;;;+1/p-1. The molecule has 18 heavy (non-hydrogen) atoms. The van der Waals surface area contributed by atoms with Crippen molar-refractivity contribution in [2.45, 2.75) is 21.7 Å². The van der Waals surface area contributed by atoms with E-state index in [0.29, 0.717) is 37.1 Å². The molecule has 0 aromatic rings. The molecular formula is C11H22N2O2S2Sn. The van der Waals surface area contributed by atoms with E-state index in [2.05, 4.69) is 14.8 Å². The van der Waals surface area contributed by atoms with E-state index in [-0.39, 0.29) is 6.09 Å². The summed E-state index contributed by atoms with van der Waals surface area (Å²) in [5.41, 5.74) is 0. The van der Waals surface area contributed by atoms with Gasteiger partial charge in [0.15, 0.2) is 0 Å². The van der Waals surface area contributed by atoms with Crippen molar-refractivity contribution in [3.8, 4) is 0 Å². The summed E-state index contributed by atoms with van der Waals surface area (Å²) in [7, 11) is 0. The second kappa shape index (κ2) is 10.0. The monoisotopic (exact) mass is 398 g/mol. The van der Waals surface area contributed by atoms with Crippen LogP contribution in [0.2, 0.25) is 14.8 Å². The van der Waals surface area contributed by atoms with Crippen LogP contribution in [0.1, 0.15) is 6.92 Å². The molecule has 0 aromatic heterocycles. The molecule has 0 aliphatic carbocycles. The first-order valence-corrected chi connectivity index (χ1v) is 15.4. The van der Waals surface area contributed by atoms with Gasteiger partial charge in [0.25, 0.3) is 0 Å². The molecule has 0 spiro atoms. The predicted octanol–water partition coefficient (Wildman–Crippen LogP) is 1.96. The summed E-state index contributed by atoms with van der Waals surface area (Å²) < 4.78 is 5.37. The van der Waals surface area contributed by atoms with Crippen LogP contribution in [0.4, 0.5) is 4.79 Å². The molecule has 4 nitrogen and oxygen atoms in total. The average Bonchev–Trinajstić information content (AvgIpc) is 2.28. The fourth-order valence-electron chi connectivity index (χ4n) is 1.29. The van der Waals surface area contributed by atoms with E-state index in [1.165, 1.54) is 0 Å². The summed E-state index contributed by atoms with van der Waals surface area (Å²) >= 11 is 9.21. The van der Waals surface area contributed by atoms with Gasteiger partial charge in [0.2, 0.25) is 0 Å². The third-order valence-corrected chi connectivity index (χ3v) is 2.58. The van der Waals surface area contributed by atoms with Gasteiger partial charge < -0.3 is 39.4 Å². The first kappa shape index (κ1) is 18.2. The number of ether oxygens (including phenoxy) is 1. The van der Waals surface area contributed by atoms with Crippen LogP contribution in [0, 0.1) is 0 Å². The fraction of sp³-hybridized carbons (Fsp3) is 0.818. The number of nitrogens with zero attached hydrogens (tertiary/aromatic N) is 2. The topological polar surface area (TPSA) is 32.8 Å². The van der Waals surface area contributed by atoms with E-state index in [1.807, 2.05) is 4.90 Å². The van der Waals surface area contributed by atoms with Crippen LogP contribution in [0.5, 0.6) is 0 Å². The Hall–Kier alpha value is 0.179. The van der Waals surface area contributed by atoms with Gasteiger partial charge in [-0.15, -0.1) is 0 Å². The summed E-state index contributed by atoms with van der Waals surface area (Å²) in [4.78, 5) is 22.0. The van der Waals surface area contributed by atoms with Gasteiger partial charge in [-0.05, 0) is 6.92 Å². The van der Waals surface area contributed by atoms with Crippen LogP contribution in [-0.2, 0) is 17.4 Å². The van der Waals surface area contributed by atoms with Gasteiger partial charge in [-0.25, -0.2) is 4.79 Å². The molecule has 0 atom stereocenters. The first-order chi connectivity index (χ1) is 8.38. The van der Waals surface area contributed by atoms with Gasteiger partial charge in [0.05, 0.1) is 6.61 Å². The van der Waals surface area contributed by atoms with Crippen LogP contribution >= 0.6 is 12.2 Å². The Morgan fingerprint density at radius 2 is 1.61 bits per heavy atom. The molecule has 1 amide bonds. The normalized spacial score (nSPS) is 14.4. The average molecular weight is 397 g/mol. The Morgan fingerprint density at radius 3 is 1.94 bits per heavy atom. The van der Waals surface area contributed by atoms with E-state index in [4.69, 9.17) is 29.6 Å². The molecule has 0 saturated carbocycles. The minimum atomic E-state index is -0.543. The number of carbonyl (C=O) groups is 1. The maximum atomic E-state index is 11.3. The van der Waals surface area contributed by atoms with Crippen molar-refractivity contribution in [3.05, 3.63) is 0 Å². The molecule has 1 aliphatic heterocycles. The van der Waals surface area contributed by atoms with Crippen molar-refractivity contribution < 1.29 is 9.53 Å². The van der Waals surface area contributed by atoms with Crippen molar-refractivity contribution >= 4 is 55.0 Å². The predicted molar refractivity (Wildman–Crippen MR) is 83.5 cm³/mol. The van der Waals surface area contributed by atoms with Gasteiger partial charge in [0.1, 0.15) is 0 Å².